The molecule has 0 heterocycles. The summed E-state index contributed by atoms with van der Waals surface area (Å²) in [7, 11) is 0. The molecule has 5 heteroatoms. The molecule has 13 heavy (non-hydrogen) atoms. The van der Waals surface area contributed by atoms with Gasteiger partial charge in [0.05, 0.1) is 0 Å². The Hall–Kier alpha value is -0.170. The summed E-state index contributed by atoms with van der Waals surface area (Å²) in [6, 6.07) is 9.22. The molecule has 0 radical (unpaired) electrons. The van der Waals surface area contributed by atoms with Crippen molar-refractivity contribution >= 4 is 34.2 Å². The topological polar surface area (TPSA) is 20.3 Å². The number of hydrogen-bond donors (Lipinski definition) is 0. The van der Waals surface area contributed by atoms with E-state index in [1.54, 1.807) is 0 Å². The van der Waals surface area contributed by atoms with Crippen LogP contribution in [0.5, 0.6) is 0 Å². The van der Waals surface area contributed by atoms with Crippen molar-refractivity contribution in [2.45, 2.75) is 6.92 Å². The van der Waals surface area contributed by atoms with E-state index in [0.29, 0.717) is 6.54 Å². The first-order chi connectivity index (χ1) is 6.05. The first-order valence-corrected chi connectivity index (χ1v) is 7.35. The van der Waals surface area contributed by atoms with E-state index in [1.807, 2.05) is 37.3 Å². The fourth-order valence-corrected chi connectivity index (χ4v) is 2.98. The molecule has 1 aromatic rings. The van der Waals surface area contributed by atoms with Crippen LogP contribution in [0.3, 0.4) is 0 Å². The molecule has 2 nitrogen and oxygen atoms in total. The third-order valence-electron chi connectivity index (χ3n) is 1.63. The standard InChI is InChI=1S/C8H10Cl2NOP/c1-2-11(13(9,10)12)8-6-4-3-5-7-8/h3-7H,2H2,1H3. The summed E-state index contributed by atoms with van der Waals surface area (Å²) < 4.78 is 12.9. The number of nitrogens with zero attached hydrogens (tertiary/aromatic N) is 1. The number of hydrogen-bond acceptors (Lipinski definition) is 1. The van der Waals surface area contributed by atoms with Crippen LogP contribution in [0.25, 0.3) is 0 Å². The van der Waals surface area contributed by atoms with Crippen LogP contribution in [-0.4, -0.2) is 6.54 Å². The number of para-hydroxylation sites is 1. The molecule has 1 aromatic carbocycles. The minimum atomic E-state index is -3.22. The van der Waals surface area contributed by atoms with Gasteiger partial charge >= 0.3 is 6.00 Å². The molecule has 0 aliphatic carbocycles. The van der Waals surface area contributed by atoms with Gasteiger partial charge in [0.25, 0.3) is 0 Å². The highest BCUT2D eigenvalue weighted by Gasteiger charge is 2.23. The first-order valence-electron chi connectivity index (χ1n) is 3.88. The number of halogens is 2. The minimum Gasteiger partial charge on any atom is -0.300 e. The Morgan fingerprint density at radius 3 is 2.23 bits per heavy atom. The zero-order valence-electron chi connectivity index (χ0n) is 7.15. The maximum Gasteiger partial charge on any atom is 0.345 e. The zero-order chi connectivity index (χ0) is 9.90. The predicted octanol–water partition coefficient (Wildman–Crippen LogP) is 4.10. The quantitative estimate of drug-likeness (QED) is 0.739. The normalized spacial score (nSPS) is 11.3. The van der Waals surface area contributed by atoms with Crippen LogP contribution in [0.2, 0.25) is 0 Å². The van der Waals surface area contributed by atoms with Crippen LogP contribution < -0.4 is 4.67 Å². The van der Waals surface area contributed by atoms with Crippen LogP contribution in [0, 0.1) is 0 Å². The first kappa shape index (κ1) is 10.9. The summed E-state index contributed by atoms with van der Waals surface area (Å²) in [6.07, 6.45) is 0. The molecule has 72 valence electrons. The van der Waals surface area contributed by atoms with Crippen LogP contribution >= 0.6 is 28.5 Å². The van der Waals surface area contributed by atoms with E-state index < -0.39 is 6.00 Å². The van der Waals surface area contributed by atoms with Crippen LogP contribution in [0.1, 0.15) is 6.92 Å². The Bertz CT molecular complexity index is 311. The molecule has 0 N–H and O–H groups in total. The minimum absolute atomic E-state index is 0.522. The Morgan fingerprint density at radius 2 is 1.85 bits per heavy atom. The fourth-order valence-electron chi connectivity index (χ4n) is 1.08. The van der Waals surface area contributed by atoms with Gasteiger partial charge in [-0.2, -0.15) is 0 Å². The molecular formula is C8H10Cl2NOP. The van der Waals surface area contributed by atoms with Gasteiger partial charge in [0, 0.05) is 12.2 Å². The van der Waals surface area contributed by atoms with Crippen molar-refractivity contribution in [1.82, 2.24) is 0 Å². The van der Waals surface area contributed by atoms with Crippen molar-refractivity contribution in [2.24, 2.45) is 0 Å². The molecule has 0 aromatic heterocycles. The van der Waals surface area contributed by atoms with Gasteiger partial charge in [-0.1, -0.05) is 18.2 Å². The second kappa shape index (κ2) is 4.36. The number of benzene rings is 1. The van der Waals surface area contributed by atoms with Crippen molar-refractivity contribution in [3.63, 3.8) is 0 Å². The number of anilines is 1. The van der Waals surface area contributed by atoms with Gasteiger partial charge in [-0.25, -0.2) is 0 Å². The highest BCUT2D eigenvalue weighted by molar-refractivity contribution is 8.09. The van der Waals surface area contributed by atoms with Gasteiger partial charge in [0.15, 0.2) is 0 Å². The van der Waals surface area contributed by atoms with E-state index in [0.717, 1.165) is 5.69 Å². The van der Waals surface area contributed by atoms with E-state index in [1.165, 1.54) is 4.67 Å². The van der Waals surface area contributed by atoms with Gasteiger partial charge in [0.1, 0.15) is 0 Å². The summed E-state index contributed by atoms with van der Waals surface area (Å²) in [5.41, 5.74) is 0.776. The van der Waals surface area contributed by atoms with E-state index in [9.17, 15) is 4.57 Å². The molecule has 0 unspecified atom stereocenters. The molecular weight excluding hydrogens is 228 g/mol. The Labute approximate surface area is 87.5 Å². The monoisotopic (exact) mass is 237 g/mol. The van der Waals surface area contributed by atoms with Gasteiger partial charge < -0.3 is 0 Å². The van der Waals surface area contributed by atoms with Gasteiger partial charge in [-0.15, -0.1) is 0 Å². The Balaban J connectivity index is 2.99. The second-order valence-electron chi connectivity index (χ2n) is 2.49. The van der Waals surface area contributed by atoms with E-state index in [4.69, 9.17) is 22.5 Å². The lowest BCUT2D eigenvalue weighted by molar-refractivity contribution is 0.590. The summed E-state index contributed by atoms with van der Waals surface area (Å²) in [4.78, 5) is 0. The lowest BCUT2D eigenvalue weighted by Gasteiger charge is -2.23. The third-order valence-corrected chi connectivity index (χ3v) is 3.81. The molecule has 0 aliphatic rings. The van der Waals surface area contributed by atoms with Gasteiger partial charge in [0.2, 0.25) is 0 Å². The van der Waals surface area contributed by atoms with E-state index in [2.05, 4.69) is 0 Å². The second-order valence-corrected chi connectivity index (χ2v) is 7.11. The van der Waals surface area contributed by atoms with Crippen molar-refractivity contribution in [3.05, 3.63) is 30.3 Å². The largest absolute Gasteiger partial charge is 0.345 e. The highest BCUT2D eigenvalue weighted by Crippen LogP contribution is 2.60. The van der Waals surface area contributed by atoms with Crippen molar-refractivity contribution in [1.29, 1.82) is 0 Å². The Morgan fingerprint density at radius 1 is 1.31 bits per heavy atom. The highest BCUT2D eigenvalue weighted by atomic mass is 35.9. The summed E-state index contributed by atoms with van der Waals surface area (Å²) in [6.45, 7) is 2.37. The Kier molecular flexibility index (Phi) is 3.66. The van der Waals surface area contributed by atoms with Gasteiger partial charge in [-0.3, -0.25) is 9.24 Å². The van der Waals surface area contributed by atoms with Crippen LogP contribution in [0.15, 0.2) is 30.3 Å². The summed E-state index contributed by atoms with van der Waals surface area (Å²) in [5, 5.41) is 0. The van der Waals surface area contributed by atoms with Crippen molar-refractivity contribution in [2.75, 3.05) is 11.2 Å². The van der Waals surface area contributed by atoms with E-state index >= 15 is 0 Å². The molecule has 0 saturated heterocycles. The lowest BCUT2D eigenvalue weighted by atomic mass is 10.3. The number of rotatable bonds is 3. The molecule has 0 fully saturated rings. The molecule has 0 bridgehead atoms. The SMILES string of the molecule is CCN(c1ccccc1)P(=O)(Cl)Cl. The molecule has 1 rings (SSSR count). The van der Waals surface area contributed by atoms with Crippen LogP contribution in [0.4, 0.5) is 5.69 Å². The molecule has 0 amide bonds. The lowest BCUT2D eigenvalue weighted by Crippen LogP contribution is -2.13. The zero-order valence-corrected chi connectivity index (χ0v) is 9.56. The summed E-state index contributed by atoms with van der Waals surface area (Å²) in [5.74, 6) is -3.22. The molecule has 0 spiro atoms. The maximum atomic E-state index is 11.4. The maximum absolute atomic E-state index is 11.4. The van der Waals surface area contributed by atoms with Crippen molar-refractivity contribution in [3.8, 4) is 0 Å². The van der Waals surface area contributed by atoms with Crippen molar-refractivity contribution < 1.29 is 4.57 Å². The third kappa shape index (κ3) is 2.91. The molecule has 0 saturated carbocycles. The van der Waals surface area contributed by atoms with Crippen LogP contribution in [-0.2, 0) is 4.57 Å². The fraction of sp³-hybridized carbons (Fsp3) is 0.250. The molecule has 0 aliphatic heterocycles. The molecule has 0 atom stereocenters. The van der Waals surface area contributed by atoms with E-state index in [-0.39, 0.29) is 0 Å². The van der Waals surface area contributed by atoms with Gasteiger partial charge in [-0.05, 0) is 41.5 Å². The predicted molar refractivity (Wildman–Crippen MR) is 58.8 cm³/mol. The average molecular weight is 238 g/mol. The smallest absolute Gasteiger partial charge is 0.300 e. The average Bonchev–Trinajstić information content (AvgIpc) is 2.05. The summed E-state index contributed by atoms with van der Waals surface area (Å²) >= 11 is 11.2.